The van der Waals surface area contributed by atoms with Gasteiger partial charge in [0.1, 0.15) is 30.4 Å². The predicted molar refractivity (Wildman–Crippen MR) is 255 cm³/mol. The van der Waals surface area contributed by atoms with E-state index in [2.05, 4.69) is 26.0 Å². The van der Waals surface area contributed by atoms with Crippen LogP contribution in [-0.2, 0) is 40.4 Å². The number of rotatable bonds is 7. The van der Waals surface area contributed by atoms with Crippen molar-refractivity contribution in [1.29, 1.82) is 1.12 Å². The van der Waals surface area contributed by atoms with Crippen molar-refractivity contribution in [3.8, 4) is 44.5 Å². The average Bonchev–Trinajstić information content (AvgIpc) is 4.09. The molecule has 7 aromatic rings. The molecular formula is C45H32N4O9P2S4-4. The van der Waals surface area contributed by atoms with Crippen molar-refractivity contribution < 1.29 is 38.9 Å². The van der Waals surface area contributed by atoms with Gasteiger partial charge in [0.2, 0.25) is 0 Å². The Labute approximate surface area is 376 Å². The van der Waals surface area contributed by atoms with E-state index >= 15 is 0 Å². The van der Waals surface area contributed by atoms with Gasteiger partial charge < -0.3 is 33.6 Å². The van der Waals surface area contributed by atoms with Gasteiger partial charge in [-0.25, -0.2) is 35.2 Å². The van der Waals surface area contributed by atoms with Crippen LogP contribution in [0.3, 0.4) is 0 Å². The Hall–Kier alpha value is -5.84. The molecule has 0 saturated carbocycles. The fourth-order valence-electron chi connectivity index (χ4n) is 7.51. The molecule has 0 amide bonds. The van der Waals surface area contributed by atoms with Crippen molar-refractivity contribution in [2.45, 2.75) is 21.6 Å². The molecule has 0 fully saturated rings. The normalized spacial score (nSPS) is 12.8. The molecule has 2 aliphatic rings. The van der Waals surface area contributed by atoms with Gasteiger partial charge in [-0.05, 0) is 114 Å². The second kappa shape index (κ2) is 17.6. The molecule has 3 aromatic heterocycles. The number of aromatic amines is 2. The Morgan fingerprint density at radius 1 is 0.438 bits per heavy atom. The molecule has 4 aromatic carbocycles. The molecular weight excluding hydrogens is 931 g/mol. The van der Waals surface area contributed by atoms with Crippen molar-refractivity contribution >= 4 is 103 Å². The molecule has 0 unspecified atom stereocenters. The topological polar surface area (TPSA) is 229 Å². The first-order chi connectivity index (χ1) is 30.7. The van der Waals surface area contributed by atoms with E-state index in [9.17, 15) is 38.9 Å². The van der Waals surface area contributed by atoms with Crippen molar-refractivity contribution in [2.75, 3.05) is 0 Å². The number of aryl methyl sites for hydroxylation is 1. The van der Waals surface area contributed by atoms with Crippen LogP contribution in [0.4, 0.5) is 0 Å². The van der Waals surface area contributed by atoms with Crippen molar-refractivity contribution in [3.63, 3.8) is 0 Å². The van der Waals surface area contributed by atoms with Gasteiger partial charge in [0.05, 0.1) is 37.5 Å². The Kier molecular flexibility index (Phi) is 11.9. The Balaban J connectivity index is 0.00000138. The lowest BCUT2D eigenvalue weighted by atomic mass is 10.0. The number of thiol groups is 1. The van der Waals surface area contributed by atoms with Crippen LogP contribution in [0.25, 0.3) is 90.9 Å². The number of nitrogens with zero attached hydrogens (tertiary/aromatic N) is 2. The molecule has 0 radical (unpaired) electrons. The minimum Gasteiger partial charge on any atom is -0.744 e. The second-order valence-electron chi connectivity index (χ2n) is 14.4. The van der Waals surface area contributed by atoms with E-state index < -0.39 is 55.1 Å². The molecule has 19 heteroatoms. The van der Waals surface area contributed by atoms with Crippen LogP contribution >= 0.6 is 16.0 Å². The number of nitrogens with one attached hydrogen (secondary N) is 2. The fraction of sp³-hybridized carbons (Fsp3) is 0.0222. The molecule has 0 saturated heterocycles. The smallest absolute Gasteiger partial charge is 0.124 e. The predicted octanol–water partition coefficient (Wildman–Crippen LogP) is 9.26. The number of H-pyrrole nitrogens is 2. The average molecular weight is 965 g/mol. The summed E-state index contributed by atoms with van der Waals surface area (Å²) in [5, 5.41) is 0. The number of aromatic nitrogens is 4. The van der Waals surface area contributed by atoms with E-state index in [-0.39, 0.29) is 0 Å². The lowest BCUT2D eigenvalue weighted by molar-refractivity contribution is 0.461. The monoisotopic (exact) mass is 964 g/mol. The van der Waals surface area contributed by atoms with Crippen LogP contribution in [0.15, 0.2) is 136 Å². The summed E-state index contributed by atoms with van der Waals surface area (Å²) in [6, 6.07) is 31.8. The maximum atomic E-state index is 11.9. The standard InChI is InChI=1S/C45H32N4O9S3.H3P2S/c1-26-2-4-27(5-3-26)42-34-18-20-36(46-34)43(28-6-12-31(13-7-28)59(50,51)52)38-22-24-40(48-38)45(30-10-16-33(17-11-30)61(56,57)58)41-25-23-39(49-41)44(37-21-19-35(42)47-37)29-8-14-32(15-9-29)60(53,54)55;1-3-2/h2-25,46,49H,1H3,(H,50,51,52)(H,53,54,55)(H,56,57,58);1-3H/q;-1/p-3/i;3T. The first-order valence-corrected chi connectivity index (χ1v) is 26.3. The Morgan fingerprint density at radius 3 is 0.875 bits per heavy atom. The highest BCUT2D eigenvalue weighted by atomic mass is 32.7. The van der Waals surface area contributed by atoms with Crippen molar-refractivity contribution in [3.05, 3.63) is 150 Å². The van der Waals surface area contributed by atoms with Crippen molar-refractivity contribution in [1.82, 2.24) is 19.9 Å². The molecule has 0 atom stereocenters. The molecule has 64 heavy (non-hydrogen) atoms. The third-order valence-electron chi connectivity index (χ3n) is 10.4. The quantitative estimate of drug-likeness (QED) is 0.0662. The molecule has 5 heterocycles. The molecule has 13 nitrogen and oxygen atoms in total. The maximum Gasteiger partial charge on any atom is 0.124 e. The number of benzene rings is 4. The highest BCUT2D eigenvalue weighted by Crippen LogP contribution is 2.39. The zero-order chi connectivity index (χ0) is 46.4. The van der Waals surface area contributed by atoms with Crippen LogP contribution in [0.2, 0.25) is 0 Å². The summed E-state index contributed by atoms with van der Waals surface area (Å²) in [4.78, 5) is 16.0. The zero-order valence-electron chi connectivity index (χ0n) is 34.1. The molecule has 9 rings (SSSR count). The van der Waals surface area contributed by atoms with Crippen LogP contribution < -0.4 is 0 Å². The van der Waals surface area contributed by atoms with E-state index in [0.29, 0.717) is 78.2 Å². The molecule has 2 N–H and O–H groups in total. The van der Waals surface area contributed by atoms with Gasteiger partial charge in [0, 0.05) is 44.3 Å². The fourth-order valence-corrected chi connectivity index (χ4v) is 8.91. The lowest BCUT2D eigenvalue weighted by Gasteiger charge is -2.10. The van der Waals surface area contributed by atoms with Crippen LogP contribution in [0.1, 0.15) is 28.3 Å². The van der Waals surface area contributed by atoms with Crippen LogP contribution in [0.5, 0.6) is 0 Å². The van der Waals surface area contributed by atoms with Gasteiger partial charge in [0.25, 0.3) is 0 Å². The first-order valence-electron chi connectivity index (χ1n) is 19.3. The summed E-state index contributed by atoms with van der Waals surface area (Å²) in [5.74, 6) is 0. The number of hydrogen-bond acceptors (Lipinski definition) is 12. The van der Waals surface area contributed by atoms with Crippen LogP contribution in [0, 0.1) is 6.92 Å². The lowest BCUT2D eigenvalue weighted by Crippen LogP contribution is -1.98. The third kappa shape index (κ3) is 9.22. The summed E-state index contributed by atoms with van der Waals surface area (Å²) < 4.78 is 114. The number of fused-ring (bicyclic) bond motifs is 8. The van der Waals surface area contributed by atoms with Gasteiger partial charge in [-0.2, -0.15) is 0 Å². The van der Waals surface area contributed by atoms with E-state index in [1.165, 1.54) is 72.8 Å². The minimum absolute atomic E-state index is 0.397. The zero-order valence-corrected chi connectivity index (χ0v) is 38.3. The van der Waals surface area contributed by atoms with Crippen molar-refractivity contribution in [2.24, 2.45) is 0 Å². The Morgan fingerprint density at radius 2 is 0.656 bits per heavy atom. The van der Waals surface area contributed by atoms with Gasteiger partial charge >= 0.3 is 0 Å². The summed E-state index contributed by atoms with van der Waals surface area (Å²) >= 11 is 0. The van der Waals surface area contributed by atoms with E-state index in [0.717, 1.165) is 16.7 Å². The molecule has 0 spiro atoms. The highest BCUT2D eigenvalue weighted by molar-refractivity contribution is 8.17. The largest absolute Gasteiger partial charge is 0.744 e. The SMILES string of the molecule is Cc1ccc(-c2c3nc(c(-c4ccc(S(=O)(=O)[O-])cc4)c4ccc([nH]4)c(-c4ccc(S(=O)(=O)[O-])cc4)c4nc(c(-c5ccc(S(=O)(=O)[O-])cc5)c5ccc2[nH]5)C=C4)C=C3)cc1.[3H][S-](=P)=P. The summed E-state index contributed by atoms with van der Waals surface area (Å²) in [5.41, 5.74) is 10.2. The number of hydrogen-bond donors (Lipinski definition) is 2. The van der Waals surface area contributed by atoms with Gasteiger partial charge in [-0.15, -0.1) is 1.12 Å². The minimum atomic E-state index is -4.76. The summed E-state index contributed by atoms with van der Waals surface area (Å²) in [6.07, 6.45) is 7.24. The van der Waals surface area contributed by atoms with E-state index in [4.69, 9.17) is 11.1 Å². The summed E-state index contributed by atoms with van der Waals surface area (Å²) in [7, 11) is -8.90. The van der Waals surface area contributed by atoms with Gasteiger partial charge in [-0.3, -0.25) is 16.0 Å². The van der Waals surface area contributed by atoms with Crippen LogP contribution in [-0.4, -0.2) is 60.0 Å². The molecule has 324 valence electrons. The summed E-state index contributed by atoms with van der Waals surface area (Å²) in [6.45, 7) is 1.98. The highest BCUT2D eigenvalue weighted by Gasteiger charge is 2.20. The first kappa shape index (κ1) is 43.4. The maximum absolute atomic E-state index is 11.9. The molecule has 2 aliphatic heterocycles. The molecule has 0 aliphatic carbocycles. The Bertz CT molecular complexity index is 3640. The van der Waals surface area contributed by atoms with E-state index in [1.807, 2.05) is 55.5 Å². The van der Waals surface area contributed by atoms with Gasteiger partial charge in [-0.1, -0.05) is 66.2 Å². The third-order valence-corrected chi connectivity index (χ3v) is 12.9. The molecule has 8 bridgehead atoms. The van der Waals surface area contributed by atoms with E-state index in [1.54, 1.807) is 24.3 Å². The van der Waals surface area contributed by atoms with Gasteiger partial charge in [0.15, 0.2) is 0 Å². The second-order valence-corrected chi connectivity index (χ2v) is 21.2.